The van der Waals surface area contributed by atoms with Crippen molar-refractivity contribution in [1.29, 1.82) is 0 Å². The Labute approximate surface area is 164 Å². The van der Waals surface area contributed by atoms with Gasteiger partial charge < -0.3 is 15.0 Å². The summed E-state index contributed by atoms with van der Waals surface area (Å²) in [7, 11) is 3.51. The number of hydrogen-bond acceptors (Lipinski definition) is 6. The van der Waals surface area contributed by atoms with Crippen LogP contribution in [0.3, 0.4) is 0 Å². The SMILES string of the molecule is COc1ccc(C)cc1NC(=O)c1cnc(N(C)CCc2ccncc2)cn1. The van der Waals surface area contributed by atoms with Crippen LogP contribution in [0.4, 0.5) is 11.5 Å². The third-order valence-corrected chi connectivity index (χ3v) is 4.35. The summed E-state index contributed by atoms with van der Waals surface area (Å²) >= 11 is 0. The number of aromatic nitrogens is 3. The summed E-state index contributed by atoms with van der Waals surface area (Å²) < 4.78 is 5.29. The smallest absolute Gasteiger partial charge is 0.275 e. The van der Waals surface area contributed by atoms with Gasteiger partial charge >= 0.3 is 0 Å². The van der Waals surface area contributed by atoms with Crippen molar-refractivity contribution in [2.75, 3.05) is 30.9 Å². The van der Waals surface area contributed by atoms with Crippen LogP contribution in [0.1, 0.15) is 21.6 Å². The number of nitrogens with zero attached hydrogens (tertiary/aromatic N) is 4. The van der Waals surface area contributed by atoms with Gasteiger partial charge in [-0.05, 0) is 48.7 Å². The highest BCUT2D eigenvalue weighted by Gasteiger charge is 2.13. The zero-order valence-electron chi connectivity index (χ0n) is 16.2. The summed E-state index contributed by atoms with van der Waals surface area (Å²) in [6.07, 6.45) is 7.53. The van der Waals surface area contributed by atoms with Gasteiger partial charge in [0, 0.05) is 26.0 Å². The zero-order valence-corrected chi connectivity index (χ0v) is 16.2. The van der Waals surface area contributed by atoms with Gasteiger partial charge in [-0.15, -0.1) is 0 Å². The van der Waals surface area contributed by atoms with Crippen LogP contribution < -0.4 is 15.0 Å². The lowest BCUT2D eigenvalue weighted by molar-refractivity contribution is 0.102. The number of ether oxygens (including phenoxy) is 1. The minimum Gasteiger partial charge on any atom is -0.495 e. The fourth-order valence-corrected chi connectivity index (χ4v) is 2.70. The predicted molar refractivity (Wildman–Crippen MR) is 109 cm³/mol. The number of hydrogen-bond donors (Lipinski definition) is 1. The Bertz CT molecular complexity index is 929. The number of benzene rings is 1. The zero-order chi connectivity index (χ0) is 19.9. The summed E-state index contributed by atoms with van der Waals surface area (Å²) in [6.45, 7) is 2.73. The highest BCUT2D eigenvalue weighted by atomic mass is 16.5. The van der Waals surface area contributed by atoms with E-state index in [1.54, 1.807) is 25.7 Å². The molecule has 0 aliphatic carbocycles. The van der Waals surface area contributed by atoms with Gasteiger partial charge in [0.15, 0.2) is 0 Å². The Hall–Kier alpha value is -3.48. The number of methoxy groups -OCH3 is 1. The summed E-state index contributed by atoms with van der Waals surface area (Å²) in [4.78, 5) is 27.2. The Morgan fingerprint density at radius 1 is 1.14 bits per heavy atom. The molecule has 7 heteroatoms. The van der Waals surface area contributed by atoms with Crippen LogP contribution in [0.2, 0.25) is 0 Å². The highest BCUT2D eigenvalue weighted by molar-refractivity contribution is 6.03. The van der Waals surface area contributed by atoms with Gasteiger partial charge in [0.25, 0.3) is 5.91 Å². The maximum Gasteiger partial charge on any atom is 0.275 e. The molecular weight excluding hydrogens is 354 g/mol. The minimum atomic E-state index is -0.331. The first-order valence-electron chi connectivity index (χ1n) is 8.95. The number of nitrogens with one attached hydrogen (secondary N) is 1. The van der Waals surface area contributed by atoms with Crippen LogP contribution >= 0.6 is 0 Å². The van der Waals surface area contributed by atoms with E-state index in [2.05, 4.69) is 20.3 Å². The molecule has 0 saturated heterocycles. The van der Waals surface area contributed by atoms with Crippen LogP contribution in [0.5, 0.6) is 5.75 Å². The number of likely N-dealkylation sites (N-methyl/N-ethyl adjacent to an activating group) is 1. The van der Waals surface area contributed by atoms with Crippen molar-refractivity contribution in [1.82, 2.24) is 15.0 Å². The van der Waals surface area contributed by atoms with E-state index in [0.717, 1.165) is 18.5 Å². The molecule has 1 amide bonds. The van der Waals surface area contributed by atoms with E-state index in [1.807, 2.05) is 49.2 Å². The quantitative estimate of drug-likeness (QED) is 0.681. The number of aryl methyl sites for hydroxylation is 1. The van der Waals surface area contributed by atoms with Gasteiger partial charge in [-0.1, -0.05) is 6.07 Å². The molecule has 0 radical (unpaired) electrons. The van der Waals surface area contributed by atoms with E-state index in [9.17, 15) is 4.79 Å². The van der Waals surface area contributed by atoms with Crippen molar-refractivity contribution in [3.05, 3.63) is 71.9 Å². The highest BCUT2D eigenvalue weighted by Crippen LogP contribution is 2.25. The second kappa shape index (κ2) is 8.94. The van der Waals surface area contributed by atoms with Crippen molar-refractivity contribution >= 4 is 17.4 Å². The fourth-order valence-electron chi connectivity index (χ4n) is 2.70. The third-order valence-electron chi connectivity index (χ3n) is 4.35. The molecular formula is C21H23N5O2. The lowest BCUT2D eigenvalue weighted by atomic mass is 10.2. The molecule has 144 valence electrons. The molecule has 1 aromatic carbocycles. The lowest BCUT2D eigenvalue weighted by Crippen LogP contribution is -2.22. The van der Waals surface area contributed by atoms with E-state index >= 15 is 0 Å². The number of carbonyl (C=O) groups is 1. The molecule has 0 spiro atoms. The van der Waals surface area contributed by atoms with E-state index in [0.29, 0.717) is 17.3 Å². The maximum absolute atomic E-state index is 12.5. The summed E-state index contributed by atoms with van der Waals surface area (Å²) in [6, 6.07) is 9.58. The molecule has 2 aromatic heterocycles. The molecule has 28 heavy (non-hydrogen) atoms. The van der Waals surface area contributed by atoms with Crippen molar-refractivity contribution < 1.29 is 9.53 Å². The Kier molecular flexibility index (Phi) is 6.16. The summed E-state index contributed by atoms with van der Waals surface area (Å²) in [5, 5.41) is 2.83. The number of pyridine rings is 1. The monoisotopic (exact) mass is 377 g/mol. The standard InChI is InChI=1S/C21H23N5O2/c1-15-4-5-19(28-3)17(12-15)25-21(27)18-13-24-20(14-23-18)26(2)11-8-16-6-9-22-10-7-16/h4-7,9-10,12-14H,8,11H2,1-3H3,(H,25,27). The lowest BCUT2D eigenvalue weighted by Gasteiger charge is -2.17. The average molecular weight is 377 g/mol. The van der Waals surface area contributed by atoms with E-state index < -0.39 is 0 Å². The number of rotatable bonds is 7. The van der Waals surface area contributed by atoms with Gasteiger partial charge in [-0.2, -0.15) is 0 Å². The van der Waals surface area contributed by atoms with Crippen LogP contribution in [0.25, 0.3) is 0 Å². The second-order valence-corrected chi connectivity index (χ2v) is 6.44. The number of amides is 1. The first kappa shape index (κ1) is 19.3. The van der Waals surface area contributed by atoms with Crippen LogP contribution in [-0.2, 0) is 6.42 Å². The molecule has 1 N–H and O–H groups in total. The molecule has 3 aromatic rings. The van der Waals surface area contributed by atoms with Crippen molar-refractivity contribution in [3.8, 4) is 5.75 Å². The molecule has 0 aliphatic heterocycles. The molecule has 3 rings (SSSR count). The fraction of sp³-hybridized carbons (Fsp3) is 0.238. The Balaban J connectivity index is 1.63. The molecule has 0 aliphatic rings. The first-order chi connectivity index (χ1) is 13.6. The molecule has 0 bridgehead atoms. The number of carbonyl (C=O) groups excluding carboxylic acids is 1. The molecule has 0 fully saturated rings. The van der Waals surface area contributed by atoms with Crippen LogP contribution in [-0.4, -0.2) is 41.6 Å². The van der Waals surface area contributed by atoms with Crippen molar-refractivity contribution in [2.45, 2.75) is 13.3 Å². The largest absolute Gasteiger partial charge is 0.495 e. The Morgan fingerprint density at radius 3 is 2.61 bits per heavy atom. The second-order valence-electron chi connectivity index (χ2n) is 6.44. The average Bonchev–Trinajstić information content (AvgIpc) is 2.73. The molecule has 2 heterocycles. The molecule has 0 unspecified atom stereocenters. The number of anilines is 2. The van der Waals surface area contributed by atoms with Crippen molar-refractivity contribution in [2.24, 2.45) is 0 Å². The summed E-state index contributed by atoms with van der Waals surface area (Å²) in [5.41, 5.74) is 3.08. The van der Waals surface area contributed by atoms with Gasteiger partial charge in [0.2, 0.25) is 0 Å². The van der Waals surface area contributed by atoms with Gasteiger partial charge in [-0.3, -0.25) is 9.78 Å². The molecule has 7 nitrogen and oxygen atoms in total. The van der Waals surface area contributed by atoms with E-state index in [-0.39, 0.29) is 11.6 Å². The molecule has 0 atom stereocenters. The molecule has 0 saturated carbocycles. The van der Waals surface area contributed by atoms with Crippen LogP contribution in [0.15, 0.2) is 55.1 Å². The van der Waals surface area contributed by atoms with E-state index in [1.165, 1.54) is 11.8 Å². The Morgan fingerprint density at radius 2 is 1.93 bits per heavy atom. The predicted octanol–water partition coefficient (Wildman–Crippen LogP) is 3.12. The van der Waals surface area contributed by atoms with Gasteiger partial charge in [-0.25, -0.2) is 9.97 Å². The normalized spacial score (nSPS) is 10.4. The van der Waals surface area contributed by atoms with Gasteiger partial charge in [0.1, 0.15) is 17.3 Å². The van der Waals surface area contributed by atoms with Crippen LogP contribution in [0, 0.1) is 6.92 Å². The van der Waals surface area contributed by atoms with E-state index in [4.69, 9.17) is 4.74 Å². The minimum absolute atomic E-state index is 0.245. The van der Waals surface area contributed by atoms with Crippen molar-refractivity contribution in [3.63, 3.8) is 0 Å². The van der Waals surface area contributed by atoms with Gasteiger partial charge in [0.05, 0.1) is 25.2 Å². The summed E-state index contributed by atoms with van der Waals surface area (Å²) in [5.74, 6) is 0.973. The maximum atomic E-state index is 12.5. The topological polar surface area (TPSA) is 80.2 Å². The third kappa shape index (κ3) is 4.82. The first-order valence-corrected chi connectivity index (χ1v) is 8.95.